The molecule has 0 saturated carbocycles. The van der Waals surface area contributed by atoms with Crippen molar-refractivity contribution >= 4 is 17.0 Å². The number of aromatic nitrogens is 2. The van der Waals surface area contributed by atoms with Gasteiger partial charge in [0.25, 0.3) is 0 Å². The van der Waals surface area contributed by atoms with Crippen LogP contribution in [0.5, 0.6) is 5.88 Å². The van der Waals surface area contributed by atoms with Gasteiger partial charge in [0.05, 0.1) is 30.7 Å². The highest BCUT2D eigenvalue weighted by atomic mass is 32.1. The van der Waals surface area contributed by atoms with Crippen LogP contribution in [0.25, 0.3) is 10.6 Å². The van der Waals surface area contributed by atoms with E-state index < -0.39 is 0 Å². The molecular weight excluding hydrogens is 322 g/mol. The van der Waals surface area contributed by atoms with Crippen LogP contribution in [-0.4, -0.2) is 28.3 Å². The third-order valence-electron chi connectivity index (χ3n) is 3.40. The minimum Gasteiger partial charge on any atom is -0.475 e. The molecule has 0 bridgehead atoms. The lowest BCUT2D eigenvalue weighted by atomic mass is 10.2. The topological polar surface area (TPSA) is 67.3 Å². The predicted molar refractivity (Wildman–Crippen MR) is 96.4 cm³/mol. The first-order chi connectivity index (χ1) is 11.7. The predicted octanol–water partition coefficient (Wildman–Crippen LogP) is 3.50. The standard InChI is InChI=1S/C18H19N3O2S/c1-13-2-4-14(5-3-13)18-21-16(12-24-18)11-19-15-6-7-17(20-10-15)23-9-8-22/h2-7,10,12,19,22H,8-9,11H2,1H3. The van der Waals surface area contributed by atoms with Crippen LogP contribution in [0.3, 0.4) is 0 Å². The SMILES string of the molecule is Cc1ccc(-c2nc(CNc3ccc(OCCO)nc3)cs2)cc1. The highest BCUT2D eigenvalue weighted by molar-refractivity contribution is 7.13. The van der Waals surface area contributed by atoms with Gasteiger partial charge in [-0.05, 0) is 13.0 Å². The van der Waals surface area contributed by atoms with Gasteiger partial charge in [-0.15, -0.1) is 11.3 Å². The lowest BCUT2D eigenvalue weighted by molar-refractivity contribution is 0.196. The number of rotatable bonds is 7. The number of aliphatic hydroxyl groups excluding tert-OH is 1. The summed E-state index contributed by atoms with van der Waals surface area (Å²) in [5, 5.41) is 15.1. The van der Waals surface area contributed by atoms with Gasteiger partial charge in [0.15, 0.2) is 0 Å². The van der Waals surface area contributed by atoms with Gasteiger partial charge in [-0.3, -0.25) is 0 Å². The van der Waals surface area contributed by atoms with Gasteiger partial charge in [0, 0.05) is 17.0 Å². The van der Waals surface area contributed by atoms with Gasteiger partial charge >= 0.3 is 0 Å². The summed E-state index contributed by atoms with van der Waals surface area (Å²) in [6.07, 6.45) is 1.71. The minimum absolute atomic E-state index is 0.0190. The first kappa shape index (κ1) is 16.4. The van der Waals surface area contributed by atoms with Crippen molar-refractivity contribution in [1.82, 2.24) is 9.97 Å². The van der Waals surface area contributed by atoms with Gasteiger partial charge in [0.2, 0.25) is 5.88 Å². The molecule has 0 amide bonds. The zero-order valence-electron chi connectivity index (χ0n) is 13.4. The Hall–Kier alpha value is -2.44. The van der Waals surface area contributed by atoms with Crippen LogP contribution in [-0.2, 0) is 6.54 Å². The van der Waals surface area contributed by atoms with Crippen molar-refractivity contribution < 1.29 is 9.84 Å². The molecular formula is C18H19N3O2S. The summed E-state index contributed by atoms with van der Waals surface area (Å²) in [5.41, 5.74) is 4.28. The first-order valence-corrected chi connectivity index (χ1v) is 8.57. The smallest absolute Gasteiger partial charge is 0.213 e. The molecule has 124 valence electrons. The number of anilines is 1. The van der Waals surface area contributed by atoms with E-state index in [1.165, 1.54) is 5.56 Å². The second-order valence-corrected chi connectivity index (χ2v) is 6.18. The van der Waals surface area contributed by atoms with Crippen LogP contribution in [0.15, 0.2) is 48.0 Å². The maximum absolute atomic E-state index is 8.72. The highest BCUT2D eigenvalue weighted by Gasteiger charge is 2.05. The molecule has 2 aromatic heterocycles. The molecule has 0 unspecified atom stereocenters. The minimum atomic E-state index is -0.0190. The molecule has 0 fully saturated rings. The fourth-order valence-corrected chi connectivity index (χ4v) is 2.96. The highest BCUT2D eigenvalue weighted by Crippen LogP contribution is 2.24. The molecule has 0 aliphatic rings. The molecule has 5 nitrogen and oxygen atoms in total. The van der Waals surface area contributed by atoms with Crippen molar-refractivity contribution in [3.05, 3.63) is 59.2 Å². The largest absolute Gasteiger partial charge is 0.475 e. The van der Waals surface area contributed by atoms with Crippen molar-refractivity contribution in [2.24, 2.45) is 0 Å². The van der Waals surface area contributed by atoms with Gasteiger partial charge < -0.3 is 15.2 Å². The van der Waals surface area contributed by atoms with Crippen molar-refractivity contribution in [2.45, 2.75) is 13.5 Å². The molecule has 2 heterocycles. The first-order valence-electron chi connectivity index (χ1n) is 7.69. The number of nitrogens with zero attached hydrogens (tertiary/aromatic N) is 2. The molecule has 6 heteroatoms. The molecule has 0 spiro atoms. The van der Waals surface area contributed by atoms with E-state index >= 15 is 0 Å². The maximum Gasteiger partial charge on any atom is 0.213 e. The molecule has 0 saturated heterocycles. The molecule has 1 aromatic carbocycles. The molecule has 3 rings (SSSR count). The summed E-state index contributed by atoms with van der Waals surface area (Å²) in [5.74, 6) is 0.505. The molecule has 0 radical (unpaired) electrons. The average molecular weight is 341 g/mol. The molecule has 0 aliphatic carbocycles. The van der Waals surface area contributed by atoms with Crippen molar-refractivity contribution in [3.63, 3.8) is 0 Å². The third kappa shape index (κ3) is 4.31. The number of nitrogens with one attached hydrogen (secondary N) is 1. The van der Waals surface area contributed by atoms with E-state index in [9.17, 15) is 0 Å². The summed E-state index contributed by atoms with van der Waals surface area (Å²) >= 11 is 1.64. The fraction of sp³-hybridized carbons (Fsp3) is 0.222. The number of aliphatic hydroxyl groups is 1. The summed E-state index contributed by atoms with van der Waals surface area (Å²) in [6, 6.07) is 12.1. The van der Waals surface area contributed by atoms with Gasteiger partial charge in [0.1, 0.15) is 11.6 Å². The summed E-state index contributed by atoms with van der Waals surface area (Å²) < 4.78 is 5.23. The van der Waals surface area contributed by atoms with E-state index in [0.717, 1.165) is 22.0 Å². The Morgan fingerprint density at radius 2 is 2.00 bits per heavy atom. The Labute approximate surface area is 145 Å². The van der Waals surface area contributed by atoms with E-state index in [1.54, 1.807) is 23.6 Å². The van der Waals surface area contributed by atoms with Crippen molar-refractivity contribution in [1.29, 1.82) is 0 Å². The summed E-state index contributed by atoms with van der Waals surface area (Å²) in [4.78, 5) is 8.84. The van der Waals surface area contributed by atoms with Crippen molar-refractivity contribution in [2.75, 3.05) is 18.5 Å². The molecule has 3 aromatic rings. The normalized spacial score (nSPS) is 10.6. The quantitative estimate of drug-likeness (QED) is 0.688. The van der Waals surface area contributed by atoms with Crippen molar-refractivity contribution in [3.8, 4) is 16.5 Å². The van der Waals surface area contributed by atoms with E-state index in [4.69, 9.17) is 9.84 Å². The lowest BCUT2D eigenvalue weighted by Gasteiger charge is -2.06. The van der Waals surface area contributed by atoms with E-state index in [0.29, 0.717) is 12.4 Å². The van der Waals surface area contributed by atoms with Crippen LogP contribution in [0.4, 0.5) is 5.69 Å². The maximum atomic E-state index is 8.72. The van der Waals surface area contributed by atoms with Gasteiger partial charge in [-0.25, -0.2) is 9.97 Å². The van der Waals surface area contributed by atoms with E-state index in [1.807, 2.05) is 6.07 Å². The average Bonchev–Trinajstić information content (AvgIpc) is 3.09. The summed E-state index contributed by atoms with van der Waals surface area (Å²) in [7, 11) is 0. The molecule has 0 aliphatic heterocycles. The lowest BCUT2D eigenvalue weighted by Crippen LogP contribution is -2.04. The van der Waals surface area contributed by atoms with E-state index in [-0.39, 0.29) is 13.2 Å². The zero-order valence-corrected chi connectivity index (χ0v) is 14.2. The number of pyridine rings is 1. The molecule has 0 atom stereocenters. The Morgan fingerprint density at radius 3 is 2.71 bits per heavy atom. The second-order valence-electron chi connectivity index (χ2n) is 5.32. The third-order valence-corrected chi connectivity index (χ3v) is 4.34. The Morgan fingerprint density at radius 1 is 1.17 bits per heavy atom. The zero-order chi connectivity index (χ0) is 16.8. The molecule has 24 heavy (non-hydrogen) atoms. The van der Waals surface area contributed by atoms with Crippen LogP contribution < -0.4 is 10.1 Å². The number of benzene rings is 1. The fourth-order valence-electron chi connectivity index (χ4n) is 2.13. The van der Waals surface area contributed by atoms with Gasteiger partial charge in [-0.1, -0.05) is 29.8 Å². The van der Waals surface area contributed by atoms with E-state index in [2.05, 4.69) is 51.9 Å². The number of hydrogen-bond donors (Lipinski definition) is 2. The second kappa shape index (κ2) is 7.90. The Balaban J connectivity index is 1.58. The molecule has 2 N–H and O–H groups in total. The van der Waals surface area contributed by atoms with Crippen LogP contribution >= 0.6 is 11.3 Å². The summed E-state index contributed by atoms with van der Waals surface area (Å²) in [6.45, 7) is 2.95. The number of aryl methyl sites for hydroxylation is 1. The number of ether oxygens (including phenoxy) is 1. The number of thiazole rings is 1. The van der Waals surface area contributed by atoms with Crippen LogP contribution in [0.2, 0.25) is 0 Å². The Bertz CT molecular complexity index is 770. The van der Waals surface area contributed by atoms with Gasteiger partial charge in [-0.2, -0.15) is 0 Å². The Kier molecular flexibility index (Phi) is 5.40. The van der Waals surface area contributed by atoms with Crippen LogP contribution in [0.1, 0.15) is 11.3 Å². The van der Waals surface area contributed by atoms with Crippen LogP contribution in [0, 0.1) is 6.92 Å². The number of hydrogen-bond acceptors (Lipinski definition) is 6. The monoisotopic (exact) mass is 341 g/mol.